The van der Waals surface area contributed by atoms with E-state index in [-0.39, 0.29) is 17.6 Å². The molecule has 0 saturated carbocycles. The zero-order valence-corrected chi connectivity index (χ0v) is 19.1. The Morgan fingerprint density at radius 3 is 2.77 bits per heavy atom. The van der Waals surface area contributed by atoms with Gasteiger partial charge in [0.25, 0.3) is 5.91 Å². The quantitative estimate of drug-likeness (QED) is 0.349. The molecule has 178 valence electrons. The van der Waals surface area contributed by atoms with E-state index in [4.69, 9.17) is 9.94 Å². The number of nitrogens with zero attached hydrogens (tertiary/aromatic N) is 4. The Balaban J connectivity index is 1.62. The van der Waals surface area contributed by atoms with Crippen molar-refractivity contribution in [2.75, 3.05) is 19.0 Å². The van der Waals surface area contributed by atoms with Crippen LogP contribution in [0, 0.1) is 0 Å². The Morgan fingerprint density at radius 2 is 2.00 bits per heavy atom. The lowest BCUT2D eigenvalue weighted by Crippen LogP contribution is -2.29. The molecule has 0 fully saturated rings. The molecule has 0 spiro atoms. The third kappa shape index (κ3) is 4.48. The molecule has 4 aromatic rings. The highest BCUT2D eigenvalue weighted by Crippen LogP contribution is 2.24. The number of aryl methyl sites for hydroxylation is 2. The van der Waals surface area contributed by atoms with Crippen LogP contribution >= 0.6 is 0 Å². The number of aliphatic hydroxyl groups is 1. The Hall–Kier alpha value is -4.15. The lowest BCUT2D eigenvalue weighted by molar-refractivity contribution is 0.0536. The van der Waals surface area contributed by atoms with Crippen LogP contribution in [0.4, 0.5) is 11.6 Å². The molecule has 1 amide bonds. The second-order valence-corrected chi connectivity index (χ2v) is 8.26. The predicted octanol–water partition coefficient (Wildman–Crippen LogP) is 2.23. The Bertz CT molecular complexity index is 1470. The number of rotatable bonds is 7. The molecule has 10 nitrogen and oxygen atoms in total. The van der Waals surface area contributed by atoms with Gasteiger partial charge < -0.3 is 10.4 Å². The monoisotopic (exact) mass is 472 g/mol. The third-order valence-corrected chi connectivity index (χ3v) is 5.98. The van der Waals surface area contributed by atoms with Gasteiger partial charge in [-0.3, -0.25) is 24.0 Å². The van der Waals surface area contributed by atoms with Crippen molar-refractivity contribution in [3.05, 3.63) is 81.5 Å². The molecule has 0 saturated heterocycles. The molecule has 0 bridgehead atoms. The molecule has 1 aliphatic rings. The number of aliphatic hydroxyl groups excluding tert-OH is 1. The van der Waals surface area contributed by atoms with E-state index in [0.29, 0.717) is 23.7 Å². The van der Waals surface area contributed by atoms with Crippen molar-refractivity contribution in [2.24, 2.45) is 0 Å². The van der Waals surface area contributed by atoms with E-state index in [2.05, 4.69) is 25.7 Å². The van der Waals surface area contributed by atoms with Gasteiger partial charge in [-0.05, 0) is 55.0 Å². The molecule has 0 radical (unpaired) electrons. The van der Waals surface area contributed by atoms with Crippen LogP contribution in [-0.2, 0) is 24.1 Å². The second kappa shape index (κ2) is 9.61. The average Bonchev–Trinajstić information content (AvgIpc) is 3.34. The molecule has 0 atom stereocenters. The maximum atomic E-state index is 13.1. The Kier molecular flexibility index (Phi) is 6.21. The summed E-state index contributed by atoms with van der Waals surface area (Å²) in [7, 11) is 1.30. The molecular weight excluding hydrogens is 448 g/mol. The van der Waals surface area contributed by atoms with E-state index < -0.39 is 11.3 Å². The van der Waals surface area contributed by atoms with Crippen LogP contribution in [0.1, 0.15) is 33.6 Å². The first-order valence-electron chi connectivity index (χ1n) is 11.3. The SMILES string of the molecule is CONC(=O)c1cn(-c2cnc3c(c2)CCC3)c2nc(Nc3ccc(CCO)cc3)ncc2c1=O. The van der Waals surface area contributed by atoms with Gasteiger partial charge in [-0.1, -0.05) is 12.1 Å². The largest absolute Gasteiger partial charge is 0.396 e. The smallest absolute Gasteiger partial charge is 0.280 e. The molecule has 5 rings (SSSR count). The van der Waals surface area contributed by atoms with E-state index in [1.807, 2.05) is 30.3 Å². The molecule has 3 heterocycles. The minimum absolute atomic E-state index is 0.0834. The van der Waals surface area contributed by atoms with Crippen molar-refractivity contribution >= 4 is 28.6 Å². The van der Waals surface area contributed by atoms with Crippen LogP contribution < -0.4 is 16.2 Å². The molecular formula is C25H24N6O4. The fourth-order valence-corrected chi connectivity index (χ4v) is 4.24. The number of amides is 1. The number of pyridine rings is 2. The van der Waals surface area contributed by atoms with Gasteiger partial charge in [-0.25, -0.2) is 10.5 Å². The fraction of sp³-hybridized carbons (Fsp3) is 0.240. The lowest BCUT2D eigenvalue weighted by Gasteiger charge is -2.14. The molecule has 0 unspecified atom stereocenters. The minimum atomic E-state index is -0.660. The second-order valence-electron chi connectivity index (χ2n) is 8.26. The lowest BCUT2D eigenvalue weighted by atomic mass is 10.1. The van der Waals surface area contributed by atoms with Gasteiger partial charge in [0.15, 0.2) is 5.65 Å². The summed E-state index contributed by atoms with van der Waals surface area (Å²) in [6, 6.07) is 9.58. The zero-order valence-electron chi connectivity index (χ0n) is 19.1. The normalized spacial score (nSPS) is 12.5. The summed E-state index contributed by atoms with van der Waals surface area (Å²) in [5, 5.41) is 12.4. The maximum Gasteiger partial charge on any atom is 0.280 e. The molecule has 3 N–H and O–H groups in total. The molecule has 1 aromatic carbocycles. The standard InChI is InChI=1S/C25H24N6O4/c1-35-30-24(34)20-14-31(18-11-16-3-2-4-21(16)26-12-18)23-19(22(20)33)13-27-25(29-23)28-17-7-5-15(6-8-17)9-10-32/h5-8,11-14,32H,2-4,9-10H2,1H3,(H,30,34)(H,27,28,29). The van der Waals surface area contributed by atoms with Crippen molar-refractivity contribution in [3.8, 4) is 5.69 Å². The van der Waals surface area contributed by atoms with E-state index in [0.717, 1.165) is 41.8 Å². The van der Waals surface area contributed by atoms with Crippen LogP contribution in [0.25, 0.3) is 16.7 Å². The number of nitrogens with one attached hydrogen (secondary N) is 2. The van der Waals surface area contributed by atoms with Gasteiger partial charge in [0.2, 0.25) is 11.4 Å². The van der Waals surface area contributed by atoms with Gasteiger partial charge in [0, 0.05) is 30.4 Å². The molecule has 3 aromatic heterocycles. The minimum Gasteiger partial charge on any atom is -0.396 e. The topological polar surface area (TPSA) is 131 Å². The summed E-state index contributed by atoms with van der Waals surface area (Å²) in [4.78, 5) is 43.9. The van der Waals surface area contributed by atoms with Crippen molar-refractivity contribution < 1.29 is 14.7 Å². The summed E-state index contributed by atoms with van der Waals surface area (Å²) >= 11 is 0. The summed E-state index contributed by atoms with van der Waals surface area (Å²) in [5.41, 5.74) is 6.64. The van der Waals surface area contributed by atoms with Crippen molar-refractivity contribution in [1.82, 2.24) is 25.0 Å². The first-order valence-corrected chi connectivity index (χ1v) is 11.3. The number of hydrogen-bond acceptors (Lipinski definition) is 8. The first kappa shape index (κ1) is 22.6. The van der Waals surface area contributed by atoms with Crippen LogP contribution in [0.15, 0.2) is 53.7 Å². The molecule has 1 aliphatic carbocycles. The average molecular weight is 473 g/mol. The summed E-state index contributed by atoms with van der Waals surface area (Å²) in [5.74, 6) is -0.365. The predicted molar refractivity (Wildman–Crippen MR) is 130 cm³/mol. The highest BCUT2D eigenvalue weighted by atomic mass is 16.6. The number of aromatic nitrogens is 4. The zero-order chi connectivity index (χ0) is 24.4. The number of anilines is 2. The van der Waals surface area contributed by atoms with Crippen LogP contribution in [0.2, 0.25) is 0 Å². The highest BCUT2D eigenvalue weighted by Gasteiger charge is 2.20. The van der Waals surface area contributed by atoms with Crippen LogP contribution in [0.5, 0.6) is 0 Å². The van der Waals surface area contributed by atoms with Gasteiger partial charge in [-0.2, -0.15) is 4.98 Å². The molecule has 35 heavy (non-hydrogen) atoms. The van der Waals surface area contributed by atoms with Crippen molar-refractivity contribution in [2.45, 2.75) is 25.7 Å². The summed E-state index contributed by atoms with van der Waals surface area (Å²) < 4.78 is 1.68. The third-order valence-electron chi connectivity index (χ3n) is 5.98. The van der Waals surface area contributed by atoms with Gasteiger partial charge >= 0.3 is 0 Å². The van der Waals surface area contributed by atoms with Crippen molar-refractivity contribution in [1.29, 1.82) is 0 Å². The molecule has 10 heteroatoms. The molecule has 0 aliphatic heterocycles. The van der Waals surface area contributed by atoms with Gasteiger partial charge in [0.1, 0.15) is 5.56 Å². The summed E-state index contributed by atoms with van der Waals surface area (Å²) in [6.45, 7) is 0.0834. The van der Waals surface area contributed by atoms with E-state index in [1.54, 1.807) is 10.8 Å². The van der Waals surface area contributed by atoms with E-state index >= 15 is 0 Å². The van der Waals surface area contributed by atoms with Crippen LogP contribution in [0.3, 0.4) is 0 Å². The highest BCUT2D eigenvalue weighted by molar-refractivity contribution is 5.96. The van der Waals surface area contributed by atoms with E-state index in [9.17, 15) is 9.59 Å². The number of carbonyl (C=O) groups is 1. The van der Waals surface area contributed by atoms with E-state index in [1.165, 1.54) is 19.5 Å². The van der Waals surface area contributed by atoms with Crippen LogP contribution in [-0.4, -0.2) is 44.2 Å². The number of benzene rings is 1. The number of fused-ring (bicyclic) bond motifs is 2. The number of hydrogen-bond donors (Lipinski definition) is 3. The van der Waals surface area contributed by atoms with Crippen molar-refractivity contribution in [3.63, 3.8) is 0 Å². The van der Waals surface area contributed by atoms with Gasteiger partial charge in [-0.15, -0.1) is 0 Å². The van der Waals surface area contributed by atoms with Gasteiger partial charge in [0.05, 0.1) is 24.4 Å². The number of carbonyl (C=O) groups excluding carboxylic acids is 1. The Labute approximate surface area is 200 Å². The first-order chi connectivity index (χ1) is 17.1. The Morgan fingerprint density at radius 1 is 1.17 bits per heavy atom. The fourth-order valence-electron chi connectivity index (χ4n) is 4.24. The maximum absolute atomic E-state index is 13.1. The summed E-state index contributed by atoms with van der Waals surface area (Å²) in [6.07, 6.45) is 8.08. The number of hydroxylamine groups is 1.